The van der Waals surface area contributed by atoms with Gasteiger partial charge in [0.1, 0.15) is 6.04 Å². The number of benzene rings is 1. The van der Waals surface area contributed by atoms with Crippen molar-refractivity contribution < 1.29 is 9.59 Å². The van der Waals surface area contributed by atoms with Crippen molar-refractivity contribution in [2.24, 2.45) is 0 Å². The summed E-state index contributed by atoms with van der Waals surface area (Å²) in [5.74, 6) is -0.148. The molecule has 0 radical (unpaired) electrons. The molecule has 144 valence electrons. The number of aryl methyl sites for hydroxylation is 1. The fourth-order valence-electron chi connectivity index (χ4n) is 3.50. The number of rotatable bonds is 5. The number of hydrogen-bond acceptors (Lipinski definition) is 4. The zero-order valence-electron chi connectivity index (χ0n) is 15.7. The maximum absolute atomic E-state index is 13.0. The Bertz CT molecular complexity index is 980. The third-order valence-corrected chi connectivity index (χ3v) is 5.87. The van der Waals surface area contributed by atoms with E-state index < -0.39 is 6.04 Å². The Hall–Kier alpha value is -2.93. The molecule has 28 heavy (non-hydrogen) atoms. The summed E-state index contributed by atoms with van der Waals surface area (Å²) in [6, 6.07) is 11.1. The first-order valence-corrected chi connectivity index (χ1v) is 10.2. The zero-order valence-corrected chi connectivity index (χ0v) is 16.5. The first-order valence-electron chi connectivity index (χ1n) is 9.28. The van der Waals surface area contributed by atoms with Crippen LogP contribution >= 0.6 is 11.3 Å². The lowest BCUT2D eigenvalue weighted by atomic mass is 10.1. The fraction of sp³-hybridized carbons (Fsp3) is 0.286. The van der Waals surface area contributed by atoms with Crippen LogP contribution in [0.4, 0.5) is 0 Å². The number of nitrogens with one attached hydrogen (secondary N) is 1. The van der Waals surface area contributed by atoms with Crippen LogP contribution in [0.5, 0.6) is 0 Å². The first kappa shape index (κ1) is 18.4. The summed E-state index contributed by atoms with van der Waals surface area (Å²) in [7, 11) is 0. The second-order valence-corrected chi connectivity index (χ2v) is 8.02. The van der Waals surface area contributed by atoms with E-state index in [9.17, 15) is 9.59 Å². The third-order valence-electron chi connectivity index (χ3n) is 4.93. The van der Waals surface area contributed by atoms with E-state index >= 15 is 0 Å². The van der Waals surface area contributed by atoms with Crippen LogP contribution in [0.3, 0.4) is 0 Å². The van der Waals surface area contributed by atoms with Gasteiger partial charge in [0, 0.05) is 23.2 Å². The number of carbonyl (C=O) groups is 2. The average molecular weight is 395 g/mol. The Morgan fingerprint density at radius 2 is 2.18 bits per heavy atom. The number of amides is 2. The van der Waals surface area contributed by atoms with Gasteiger partial charge >= 0.3 is 0 Å². The molecule has 0 fully saturated rings. The lowest BCUT2D eigenvalue weighted by Crippen LogP contribution is -2.46. The molecule has 1 aromatic carbocycles. The molecule has 0 spiro atoms. The molecule has 4 rings (SSSR count). The van der Waals surface area contributed by atoms with Crippen LogP contribution in [0.2, 0.25) is 0 Å². The van der Waals surface area contributed by atoms with Gasteiger partial charge < -0.3 is 14.8 Å². The van der Waals surface area contributed by atoms with Crippen LogP contribution in [-0.4, -0.2) is 39.4 Å². The van der Waals surface area contributed by atoms with Crippen molar-refractivity contribution in [2.45, 2.75) is 25.9 Å². The molecule has 2 aromatic heterocycles. The molecule has 1 aliphatic rings. The summed E-state index contributed by atoms with van der Waals surface area (Å²) >= 11 is 1.68. The number of hydrogen-bond donors (Lipinski definition) is 1. The number of nitrogens with zero attached hydrogens (tertiary/aromatic N) is 3. The van der Waals surface area contributed by atoms with Crippen molar-refractivity contribution in [3.8, 4) is 0 Å². The maximum atomic E-state index is 13.0. The van der Waals surface area contributed by atoms with E-state index in [-0.39, 0.29) is 11.8 Å². The highest BCUT2D eigenvalue weighted by atomic mass is 32.1. The molecular formula is C21H22N4O2S. The van der Waals surface area contributed by atoms with E-state index in [0.29, 0.717) is 25.2 Å². The van der Waals surface area contributed by atoms with Gasteiger partial charge in [0.25, 0.3) is 5.91 Å². The van der Waals surface area contributed by atoms with Crippen molar-refractivity contribution in [3.63, 3.8) is 0 Å². The maximum Gasteiger partial charge on any atom is 0.254 e. The smallest absolute Gasteiger partial charge is 0.254 e. The highest BCUT2D eigenvalue weighted by molar-refractivity contribution is 7.09. The van der Waals surface area contributed by atoms with E-state index in [0.717, 1.165) is 17.7 Å². The van der Waals surface area contributed by atoms with Gasteiger partial charge in [-0.05, 0) is 36.9 Å². The van der Waals surface area contributed by atoms with Crippen LogP contribution in [0.15, 0.2) is 54.3 Å². The van der Waals surface area contributed by atoms with Crippen molar-refractivity contribution in [1.82, 2.24) is 19.8 Å². The predicted octanol–water partition coefficient (Wildman–Crippen LogP) is 2.81. The molecule has 7 heteroatoms. The van der Waals surface area contributed by atoms with E-state index in [2.05, 4.69) is 16.4 Å². The second kappa shape index (κ2) is 7.98. The first-order chi connectivity index (χ1) is 13.6. The Balaban J connectivity index is 1.47. The molecule has 0 saturated heterocycles. The lowest BCUT2D eigenvalue weighted by Gasteiger charge is -2.33. The molecule has 0 unspecified atom stereocenters. The van der Waals surface area contributed by atoms with E-state index in [1.165, 1.54) is 4.88 Å². The molecule has 0 aliphatic carbocycles. The molecule has 6 nitrogen and oxygen atoms in total. The van der Waals surface area contributed by atoms with Crippen LogP contribution in [0, 0.1) is 6.92 Å². The summed E-state index contributed by atoms with van der Waals surface area (Å²) < 4.78 is 1.88. The quantitative estimate of drug-likeness (QED) is 0.724. The molecule has 3 aromatic rings. The highest BCUT2D eigenvalue weighted by Crippen LogP contribution is 2.23. The van der Waals surface area contributed by atoms with Crippen molar-refractivity contribution >= 4 is 23.2 Å². The number of carbonyl (C=O) groups excluding carboxylic acids is 2. The predicted molar refractivity (Wildman–Crippen MR) is 108 cm³/mol. The van der Waals surface area contributed by atoms with Crippen molar-refractivity contribution in [2.75, 3.05) is 13.1 Å². The third kappa shape index (κ3) is 3.84. The van der Waals surface area contributed by atoms with Crippen molar-refractivity contribution in [3.05, 3.63) is 76.0 Å². The minimum atomic E-state index is -0.469. The summed E-state index contributed by atoms with van der Waals surface area (Å²) in [4.78, 5) is 33.0. The normalized spacial score (nSPS) is 15.9. The van der Waals surface area contributed by atoms with Gasteiger partial charge in [-0.25, -0.2) is 4.98 Å². The molecule has 0 bridgehead atoms. The summed E-state index contributed by atoms with van der Waals surface area (Å²) in [5, 5.41) is 5.04. The van der Waals surface area contributed by atoms with Crippen LogP contribution in [-0.2, 0) is 17.8 Å². The Kier molecular flexibility index (Phi) is 5.25. The van der Waals surface area contributed by atoms with E-state index in [1.54, 1.807) is 28.8 Å². The van der Waals surface area contributed by atoms with Gasteiger partial charge in [0.2, 0.25) is 5.91 Å². The summed E-state index contributed by atoms with van der Waals surface area (Å²) in [5.41, 5.74) is 2.55. The van der Waals surface area contributed by atoms with Gasteiger partial charge in [-0.3, -0.25) is 9.59 Å². The Morgan fingerprint density at radius 3 is 2.96 bits per heavy atom. The van der Waals surface area contributed by atoms with Crippen LogP contribution in [0.1, 0.15) is 32.5 Å². The van der Waals surface area contributed by atoms with Gasteiger partial charge in [-0.2, -0.15) is 0 Å². The largest absolute Gasteiger partial charge is 0.354 e. The standard InChI is InChI=1S/C21H22N4O2S/c1-15-4-2-5-16(10-15)21(27)24-12-17-11-22-14-25(17)19(13-24)20(26)23-8-7-18-6-3-9-28-18/h2-6,9-11,14,19H,7-8,12-13H2,1H3,(H,23,26)/t19-/m0/s1. The SMILES string of the molecule is Cc1cccc(C(=O)N2Cc3cncn3[C@H](C(=O)NCCc3cccs3)C2)c1. The monoisotopic (exact) mass is 394 g/mol. The van der Waals surface area contributed by atoms with E-state index in [4.69, 9.17) is 0 Å². The Labute approximate surface area is 167 Å². The minimum absolute atomic E-state index is 0.0625. The van der Waals surface area contributed by atoms with E-state index in [1.807, 2.05) is 47.2 Å². The minimum Gasteiger partial charge on any atom is -0.354 e. The van der Waals surface area contributed by atoms with Gasteiger partial charge in [-0.15, -0.1) is 11.3 Å². The molecule has 0 saturated carbocycles. The molecule has 1 aliphatic heterocycles. The molecule has 2 amide bonds. The molecule has 1 atom stereocenters. The van der Waals surface area contributed by atoms with Gasteiger partial charge in [-0.1, -0.05) is 23.8 Å². The Morgan fingerprint density at radius 1 is 1.29 bits per heavy atom. The summed E-state index contributed by atoms with van der Waals surface area (Å²) in [6.07, 6.45) is 4.20. The average Bonchev–Trinajstić information content (AvgIpc) is 3.38. The summed E-state index contributed by atoms with van der Waals surface area (Å²) in [6.45, 7) is 3.32. The zero-order chi connectivity index (χ0) is 19.5. The molecule has 3 heterocycles. The second-order valence-electron chi connectivity index (χ2n) is 6.98. The molecular weight excluding hydrogens is 372 g/mol. The number of aromatic nitrogens is 2. The van der Waals surface area contributed by atoms with Crippen LogP contribution in [0.25, 0.3) is 0 Å². The van der Waals surface area contributed by atoms with Gasteiger partial charge in [0.15, 0.2) is 0 Å². The van der Waals surface area contributed by atoms with Gasteiger partial charge in [0.05, 0.1) is 25.1 Å². The highest BCUT2D eigenvalue weighted by Gasteiger charge is 2.32. The fourth-order valence-corrected chi connectivity index (χ4v) is 4.21. The van der Waals surface area contributed by atoms with Crippen molar-refractivity contribution in [1.29, 1.82) is 0 Å². The topological polar surface area (TPSA) is 67.2 Å². The number of imidazole rings is 1. The lowest BCUT2D eigenvalue weighted by molar-refractivity contribution is -0.125. The number of thiophene rings is 1. The molecule has 1 N–H and O–H groups in total. The van der Waals surface area contributed by atoms with Crippen LogP contribution < -0.4 is 5.32 Å². The number of fused-ring (bicyclic) bond motifs is 1.